The summed E-state index contributed by atoms with van der Waals surface area (Å²) in [5.41, 5.74) is -0.556. The lowest BCUT2D eigenvalue weighted by molar-refractivity contribution is -0.346. The lowest BCUT2D eigenvalue weighted by atomic mass is 10.1. The second kappa shape index (κ2) is 10.2. The molecular formula is C17H32F2O4. The van der Waals surface area contributed by atoms with Gasteiger partial charge in [-0.15, -0.1) is 0 Å². The monoisotopic (exact) mass is 338 g/mol. The number of allylic oxidation sites excluding steroid dienone is 1. The molecule has 0 aromatic heterocycles. The van der Waals surface area contributed by atoms with E-state index in [4.69, 9.17) is 19.6 Å². The maximum atomic E-state index is 13.8. The van der Waals surface area contributed by atoms with Gasteiger partial charge >= 0.3 is 0 Å². The lowest BCUT2D eigenvalue weighted by Crippen LogP contribution is -2.22. The molecule has 4 nitrogen and oxygen atoms in total. The Morgan fingerprint density at radius 3 is 2.00 bits per heavy atom. The van der Waals surface area contributed by atoms with Crippen molar-refractivity contribution in [2.45, 2.75) is 85.1 Å². The summed E-state index contributed by atoms with van der Waals surface area (Å²) in [6, 6.07) is 0. The van der Waals surface area contributed by atoms with Crippen LogP contribution in [0.15, 0.2) is 11.3 Å². The minimum Gasteiger partial charge on any atom is -0.341 e. The van der Waals surface area contributed by atoms with Crippen LogP contribution in [0.3, 0.4) is 0 Å². The van der Waals surface area contributed by atoms with Gasteiger partial charge in [-0.2, -0.15) is 4.89 Å². The molecule has 0 aromatic rings. The third-order valence-corrected chi connectivity index (χ3v) is 2.57. The molecule has 0 spiro atoms. The summed E-state index contributed by atoms with van der Waals surface area (Å²) in [5.74, 6) is 0.268. The summed E-state index contributed by atoms with van der Waals surface area (Å²) in [5, 5.41) is 0. The van der Waals surface area contributed by atoms with Crippen molar-refractivity contribution in [3.63, 3.8) is 0 Å². The van der Waals surface area contributed by atoms with Gasteiger partial charge in [0.1, 0.15) is 24.1 Å². The van der Waals surface area contributed by atoms with E-state index in [0.717, 1.165) is 0 Å². The highest BCUT2D eigenvalue weighted by Gasteiger charge is 2.20. The van der Waals surface area contributed by atoms with E-state index < -0.39 is 24.0 Å². The fourth-order valence-corrected chi connectivity index (χ4v) is 1.44. The zero-order chi connectivity index (χ0) is 18.1. The largest absolute Gasteiger partial charge is 0.341 e. The van der Waals surface area contributed by atoms with E-state index in [2.05, 4.69) is 0 Å². The minimum atomic E-state index is -1.09. The van der Waals surface area contributed by atoms with Crippen molar-refractivity contribution in [1.29, 1.82) is 0 Å². The molecule has 138 valence electrons. The Bertz CT molecular complexity index is 357. The second-order valence-electron chi connectivity index (χ2n) is 7.41. The third-order valence-electron chi connectivity index (χ3n) is 2.57. The van der Waals surface area contributed by atoms with E-state index >= 15 is 0 Å². The van der Waals surface area contributed by atoms with Crippen LogP contribution in [0.5, 0.6) is 0 Å². The highest BCUT2D eigenvalue weighted by atomic mass is 19.1. The summed E-state index contributed by atoms with van der Waals surface area (Å²) in [4.78, 5) is 20.9. The van der Waals surface area contributed by atoms with Gasteiger partial charge in [0, 0.05) is 18.4 Å². The SMILES string of the molecule is CCC(F)CC(OOC(C)(C)C)=C(CCF)COOC(C)(C)C. The molecule has 0 fully saturated rings. The molecule has 0 saturated heterocycles. The van der Waals surface area contributed by atoms with Crippen molar-refractivity contribution in [3.8, 4) is 0 Å². The molecule has 0 saturated carbocycles. The molecule has 0 N–H and O–H groups in total. The predicted octanol–water partition coefficient (Wildman–Crippen LogP) is 5.23. The van der Waals surface area contributed by atoms with Gasteiger partial charge in [-0.3, -0.25) is 4.39 Å². The van der Waals surface area contributed by atoms with Crippen LogP contribution in [0, 0.1) is 0 Å². The number of hydrogen-bond acceptors (Lipinski definition) is 4. The lowest BCUT2D eigenvalue weighted by Gasteiger charge is -2.23. The molecule has 0 aliphatic rings. The molecule has 0 aromatic carbocycles. The fourth-order valence-electron chi connectivity index (χ4n) is 1.44. The summed E-state index contributed by atoms with van der Waals surface area (Å²) in [6.07, 6.45) is -0.662. The minimum absolute atomic E-state index is 0.000457. The normalized spacial score (nSPS) is 15.3. The van der Waals surface area contributed by atoms with Gasteiger partial charge in [0.2, 0.25) is 0 Å². The smallest absolute Gasteiger partial charge is 0.147 e. The Morgan fingerprint density at radius 1 is 1.00 bits per heavy atom. The van der Waals surface area contributed by atoms with Crippen LogP contribution in [0.25, 0.3) is 0 Å². The van der Waals surface area contributed by atoms with Gasteiger partial charge in [0.25, 0.3) is 0 Å². The highest BCUT2D eigenvalue weighted by molar-refractivity contribution is 5.10. The average molecular weight is 338 g/mol. The first-order valence-electron chi connectivity index (χ1n) is 8.05. The van der Waals surface area contributed by atoms with Gasteiger partial charge in [0.15, 0.2) is 0 Å². The van der Waals surface area contributed by atoms with E-state index in [9.17, 15) is 8.78 Å². The Balaban J connectivity index is 5.07. The number of hydrogen-bond donors (Lipinski definition) is 0. The standard InChI is InChI=1S/C17H32F2O4/c1-8-14(19)11-15(21-23-17(5,6)7)13(9-10-18)12-20-22-16(2,3)4/h14H,8-12H2,1-7H3. The topological polar surface area (TPSA) is 36.9 Å². The Kier molecular flexibility index (Phi) is 9.89. The summed E-state index contributed by atoms with van der Waals surface area (Å²) >= 11 is 0. The molecule has 0 radical (unpaired) electrons. The number of rotatable bonds is 10. The van der Waals surface area contributed by atoms with E-state index in [1.165, 1.54) is 0 Å². The molecule has 23 heavy (non-hydrogen) atoms. The molecule has 6 heteroatoms. The molecule has 0 aliphatic carbocycles. The van der Waals surface area contributed by atoms with E-state index in [0.29, 0.717) is 12.0 Å². The van der Waals surface area contributed by atoms with Gasteiger partial charge in [0.05, 0.1) is 12.3 Å². The van der Waals surface area contributed by atoms with Crippen LogP contribution in [-0.2, 0) is 19.6 Å². The van der Waals surface area contributed by atoms with E-state index in [1.807, 2.05) is 41.5 Å². The van der Waals surface area contributed by atoms with Crippen molar-refractivity contribution in [3.05, 3.63) is 11.3 Å². The van der Waals surface area contributed by atoms with Crippen molar-refractivity contribution >= 4 is 0 Å². The molecule has 1 atom stereocenters. The van der Waals surface area contributed by atoms with Crippen LogP contribution in [-0.4, -0.2) is 30.7 Å². The molecule has 1 unspecified atom stereocenters. The number of halogens is 2. The Labute approximate surface area is 139 Å². The van der Waals surface area contributed by atoms with Gasteiger partial charge in [-0.05, 0) is 48.0 Å². The highest BCUT2D eigenvalue weighted by Crippen LogP contribution is 2.23. The molecular weight excluding hydrogens is 306 g/mol. The average Bonchev–Trinajstić information content (AvgIpc) is 2.40. The Hall–Kier alpha value is -0.720. The van der Waals surface area contributed by atoms with Crippen LogP contribution >= 0.6 is 0 Å². The third kappa shape index (κ3) is 12.4. The molecule has 0 rings (SSSR count). The van der Waals surface area contributed by atoms with Gasteiger partial charge < -0.3 is 4.89 Å². The quantitative estimate of drug-likeness (QED) is 0.310. The Morgan fingerprint density at radius 2 is 1.57 bits per heavy atom. The second-order valence-corrected chi connectivity index (χ2v) is 7.41. The zero-order valence-corrected chi connectivity index (χ0v) is 15.5. The van der Waals surface area contributed by atoms with E-state index in [-0.39, 0.29) is 25.2 Å². The maximum absolute atomic E-state index is 13.8. The summed E-state index contributed by atoms with van der Waals surface area (Å²) in [7, 11) is 0. The first-order chi connectivity index (χ1) is 10.5. The first kappa shape index (κ1) is 22.3. The van der Waals surface area contributed by atoms with Gasteiger partial charge in [-0.25, -0.2) is 14.2 Å². The maximum Gasteiger partial charge on any atom is 0.147 e. The van der Waals surface area contributed by atoms with Crippen LogP contribution < -0.4 is 0 Å². The van der Waals surface area contributed by atoms with Crippen molar-refractivity contribution in [2.24, 2.45) is 0 Å². The molecule has 0 amide bonds. The first-order valence-corrected chi connectivity index (χ1v) is 8.05. The van der Waals surface area contributed by atoms with Crippen molar-refractivity contribution in [1.82, 2.24) is 0 Å². The molecule has 0 aliphatic heterocycles. The van der Waals surface area contributed by atoms with Crippen LogP contribution in [0.1, 0.15) is 67.7 Å². The number of alkyl halides is 2. The zero-order valence-electron chi connectivity index (χ0n) is 15.5. The van der Waals surface area contributed by atoms with Crippen LogP contribution in [0.4, 0.5) is 8.78 Å². The predicted molar refractivity (Wildman–Crippen MR) is 86.1 cm³/mol. The van der Waals surface area contributed by atoms with E-state index in [1.54, 1.807) is 6.92 Å². The van der Waals surface area contributed by atoms with Crippen molar-refractivity contribution < 1.29 is 28.3 Å². The van der Waals surface area contributed by atoms with Crippen molar-refractivity contribution in [2.75, 3.05) is 13.3 Å². The molecule has 0 bridgehead atoms. The van der Waals surface area contributed by atoms with Crippen LogP contribution in [0.2, 0.25) is 0 Å². The summed E-state index contributed by atoms with van der Waals surface area (Å²) in [6.45, 7) is 12.1. The fraction of sp³-hybridized carbons (Fsp3) is 0.882. The summed E-state index contributed by atoms with van der Waals surface area (Å²) < 4.78 is 26.6. The van der Waals surface area contributed by atoms with Gasteiger partial charge in [-0.1, -0.05) is 6.92 Å². The molecule has 0 heterocycles.